The van der Waals surface area contributed by atoms with Gasteiger partial charge in [0.2, 0.25) is 5.78 Å². The lowest BCUT2D eigenvalue weighted by Crippen LogP contribution is -2.19. The van der Waals surface area contributed by atoms with E-state index in [2.05, 4.69) is 19.8 Å². The van der Waals surface area contributed by atoms with Crippen LogP contribution in [0.15, 0.2) is 36.7 Å². The molecule has 5 heteroatoms. The van der Waals surface area contributed by atoms with Gasteiger partial charge in [-0.1, -0.05) is 0 Å². The van der Waals surface area contributed by atoms with Gasteiger partial charge in [-0.25, -0.2) is 0 Å². The van der Waals surface area contributed by atoms with Gasteiger partial charge in [0.15, 0.2) is 0 Å². The normalized spacial score (nSPS) is 17.5. The molecular weight excluding hydrogens is 300 g/mol. The highest BCUT2D eigenvalue weighted by Gasteiger charge is 2.19. The lowest BCUT2D eigenvalue weighted by Gasteiger charge is -2.18. The number of aromatic nitrogens is 2. The predicted molar refractivity (Wildman–Crippen MR) is 94.8 cm³/mol. The van der Waals surface area contributed by atoms with Gasteiger partial charge in [0, 0.05) is 49.9 Å². The largest absolute Gasteiger partial charge is 0.371 e. The first-order valence-corrected chi connectivity index (χ1v) is 8.78. The molecule has 0 aromatic carbocycles. The molecule has 0 saturated carbocycles. The Balaban J connectivity index is 1.59. The number of hydrogen-bond acceptors (Lipinski definition) is 5. The summed E-state index contributed by atoms with van der Waals surface area (Å²) in [4.78, 5) is 26.0. The van der Waals surface area contributed by atoms with Crippen LogP contribution in [0.3, 0.4) is 0 Å². The molecule has 2 aliphatic rings. The summed E-state index contributed by atoms with van der Waals surface area (Å²) in [6, 6.07) is 7.77. The Morgan fingerprint density at radius 3 is 1.58 bits per heavy atom. The minimum absolute atomic E-state index is 0.0999. The first-order valence-electron chi connectivity index (χ1n) is 8.78. The van der Waals surface area contributed by atoms with Gasteiger partial charge < -0.3 is 9.80 Å². The monoisotopic (exact) mass is 322 g/mol. The SMILES string of the molecule is O=C(c1cc(N2CCCC2)ccn1)c1cc(N2CCCC2)ccn1. The van der Waals surface area contributed by atoms with Crippen molar-refractivity contribution in [3.8, 4) is 0 Å². The topological polar surface area (TPSA) is 49.3 Å². The van der Waals surface area contributed by atoms with Crippen LogP contribution in [-0.2, 0) is 0 Å². The van der Waals surface area contributed by atoms with Crippen molar-refractivity contribution in [3.05, 3.63) is 48.0 Å². The zero-order valence-corrected chi connectivity index (χ0v) is 13.8. The van der Waals surface area contributed by atoms with Gasteiger partial charge >= 0.3 is 0 Å². The quantitative estimate of drug-likeness (QED) is 0.810. The summed E-state index contributed by atoms with van der Waals surface area (Å²) in [6.45, 7) is 4.22. The molecule has 0 N–H and O–H groups in total. The van der Waals surface area contributed by atoms with Crippen LogP contribution >= 0.6 is 0 Å². The second kappa shape index (κ2) is 6.59. The van der Waals surface area contributed by atoms with Crippen molar-refractivity contribution >= 4 is 17.2 Å². The van der Waals surface area contributed by atoms with E-state index < -0.39 is 0 Å². The Morgan fingerprint density at radius 2 is 1.17 bits per heavy atom. The van der Waals surface area contributed by atoms with Crippen molar-refractivity contribution in [3.63, 3.8) is 0 Å². The van der Waals surface area contributed by atoms with Crippen LogP contribution in [0.1, 0.15) is 41.9 Å². The van der Waals surface area contributed by atoms with Crippen molar-refractivity contribution in [2.45, 2.75) is 25.7 Å². The molecule has 2 aromatic heterocycles. The molecule has 2 aromatic rings. The predicted octanol–water partition coefficient (Wildman–Crippen LogP) is 2.91. The van der Waals surface area contributed by atoms with Crippen molar-refractivity contribution in [2.75, 3.05) is 36.0 Å². The van der Waals surface area contributed by atoms with E-state index in [4.69, 9.17) is 0 Å². The number of carbonyl (C=O) groups is 1. The lowest BCUT2D eigenvalue weighted by atomic mass is 10.1. The van der Waals surface area contributed by atoms with E-state index in [9.17, 15) is 4.79 Å². The Kier molecular flexibility index (Phi) is 4.15. The van der Waals surface area contributed by atoms with Crippen molar-refractivity contribution in [1.82, 2.24) is 9.97 Å². The molecule has 5 nitrogen and oxygen atoms in total. The van der Waals surface area contributed by atoms with Gasteiger partial charge in [-0.3, -0.25) is 14.8 Å². The molecule has 4 rings (SSSR count). The van der Waals surface area contributed by atoms with Crippen molar-refractivity contribution in [2.24, 2.45) is 0 Å². The van der Waals surface area contributed by atoms with Gasteiger partial charge in [-0.15, -0.1) is 0 Å². The van der Waals surface area contributed by atoms with E-state index in [0.29, 0.717) is 11.4 Å². The standard InChI is InChI=1S/C19H22N4O/c24-19(17-13-15(5-7-20-17)22-9-1-2-10-22)18-14-16(6-8-21-18)23-11-3-4-12-23/h5-8,13-14H,1-4,9-12H2. The van der Waals surface area contributed by atoms with Gasteiger partial charge in [0.25, 0.3) is 0 Å². The number of pyridine rings is 2. The molecule has 0 aliphatic carbocycles. The van der Waals surface area contributed by atoms with Crippen LogP contribution in [-0.4, -0.2) is 41.9 Å². The maximum atomic E-state index is 12.8. The summed E-state index contributed by atoms with van der Waals surface area (Å²) < 4.78 is 0. The van der Waals surface area contributed by atoms with Crippen LogP contribution in [0.25, 0.3) is 0 Å². The van der Waals surface area contributed by atoms with Crippen molar-refractivity contribution < 1.29 is 4.79 Å². The maximum absolute atomic E-state index is 12.8. The highest BCUT2D eigenvalue weighted by atomic mass is 16.1. The zero-order valence-electron chi connectivity index (χ0n) is 13.8. The second-order valence-corrected chi connectivity index (χ2v) is 6.52. The van der Waals surface area contributed by atoms with E-state index in [1.165, 1.54) is 25.7 Å². The molecule has 0 amide bonds. The highest BCUT2D eigenvalue weighted by Crippen LogP contribution is 2.23. The number of rotatable bonds is 4. The third kappa shape index (κ3) is 2.98. The first-order chi connectivity index (χ1) is 11.8. The molecule has 0 radical (unpaired) electrons. The molecule has 0 unspecified atom stereocenters. The zero-order chi connectivity index (χ0) is 16.4. The molecule has 4 heterocycles. The van der Waals surface area contributed by atoms with E-state index >= 15 is 0 Å². The number of nitrogens with zero attached hydrogens (tertiary/aromatic N) is 4. The number of ketones is 1. The van der Waals surface area contributed by atoms with Gasteiger partial charge in [0.1, 0.15) is 11.4 Å². The summed E-state index contributed by atoms with van der Waals surface area (Å²) in [6.07, 6.45) is 8.31. The average molecular weight is 322 g/mol. The van der Waals surface area contributed by atoms with Gasteiger partial charge in [0.05, 0.1) is 0 Å². The van der Waals surface area contributed by atoms with E-state index in [1.54, 1.807) is 12.4 Å². The van der Waals surface area contributed by atoms with E-state index in [0.717, 1.165) is 37.6 Å². The summed E-state index contributed by atoms with van der Waals surface area (Å²) >= 11 is 0. The minimum Gasteiger partial charge on any atom is -0.371 e. The molecule has 2 aliphatic heterocycles. The Bertz CT molecular complexity index is 672. The molecule has 0 bridgehead atoms. The van der Waals surface area contributed by atoms with E-state index in [1.807, 2.05) is 24.3 Å². The fraction of sp³-hybridized carbons (Fsp3) is 0.421. The maximum Gasteiger partial charge on any atom is 0.229 e. The smallest absolute Gasteiger partial charge is 0.229 e. The average Bonchev–Trinajstić information content (AvgIpc) is 3.35. The number of hydrogen-bond donors (Lipinski definition) is 0. The lowest BCUT2D eigenvalue weighted by molar-refractivity contribution is 0.103. The summed E-state index contributed by atoms with van der Waals surface area (Å²) in [5.74, 6) is -0.0999. The third-order valence-corrected chi connectivity index (χ3v) is 4.89. The van der Waals surface area contributed by atoms with Gasteiger partial charge in [-0.05, 0) is 49.9 Å². The van der Waals surface area contributed by atoms with E-state index in [-0.39, 0.29) is 5.78 Å². The molecular formula is C19H22N4O. The summed E-state index contributed by atoms with van der Waals surface area (Å²) in [5, 5.41) is 0. The third-order valence-electron chi connectivity index (χ3n) is 4.89. The molecule has 2 saturated heterocycles. The first kappa shape index (κ1) is 15.1. The molecule has 24 heavy (non-hydrogen) atoms. The Morgan fingerprint density at radius 1 is 0.750 bits per heavy atom. The van der Waals surface area contributed by atoms with Crippen LogP contribution in [0, 0.1) is 0 Å². The molecule has 0 spiro atoms. The fourth-order valence-corrected chi connectivity index (χ4v) is 3.56. The summed E-state index contributed by atoms with van der Waals surface area (Å²) in [5.41, 5.74) is 3.12. The minimum atomic E-state index is -0.0999. The van der Waals surface area contributed by atoms with Crippen LogP contribution in [0.5, 0.6) is 0 Å². The van der Waals surface area contributed by atoms with Crippen LogP contribution in [0.2, 0.25) is 0 Å². The Hall–Kier alpha value is -2.43. The second-order valence-electron chi connectivity index (χ2n) is 6.52. The summed E-state index contributed by atoms with van der Waals surface area (Å²) in [7, 11) is 0. The molecule has 124 valence electrons. The number of carbonyl (C=O) groups excluding carboxylic acids is 1. The molecule has 2 fully saturated rings. The van der Waals surface area contributed by atoms with Crippen LogP contribution < -0.4 is 9.80 Å². The van der Waals surface area contributed by atoms with Crippen LogP contribution in [0.4, 0.5) is 11.4 Å². The Labute approximate surface area is 142 Å². The molecule has 0 atom stereocenters. The van der Waals surface area contributed by atoms with Crippen molar-refractivity contribution in [1.29, 1.82) is 0 Å². The highest BCUT2D eigenvalue weighted by molar-refractivity contribution is 6.07. The van der Waals surface area contributed by atoms with Gasteiger partial charge in [-0.2, -0.15) is 0 Å². The fourth-order valence-electron chi connectivity index (χ4n) is 3.56. The number of anilines is 2.